The maximum Gasteiger partial charge on any atom is 0.332 e. The topological polar surface area (TPSA) is 99.6 Å². The zero-order valence-corrected chi connectivity index (χ0v) is 14.7. The van der Waals surface area contributed by atoms with E-state index in [9.17, 15) is 14.4 Å². The number of ether oxygens (including phenoxy) is 1. The number of hydrogen-bond donors (Lipinski definition) is 0. The fraction of sp³-hybridized carbons (Fsp3) is 0.529. The quantitative estimate of drug-likeness (QED) is 0.719. The fourth-order valence-electron chi connectivity index (χ4n) is 3.55. The van der Waals surface area contributed by atoms with Gasteiger partial charge in [0.05, 0.1) is 25.4 Å². The molecule has 0 aliphatic carbocycles. The molecule has 0 radical (unpaired) electrons. The Morgan fingerprint density at radius 3 is 2.77 bits per heavy atom. The van der Waals surface area contributed by atoms with Crippen LogP contribution in [-0.4, -0.2) is 43.8 Å². The fourth-order valence-corrected chi connectivity index (χ4v) is 3.55. The van der Waals surface area contributed by atoms with E-state index >= 15 is 0 Å². The molecule has 26 heavy (non-hydrogen) atoms. The Bertz CT molecular complexity index is 959. The highest BCUT2D eigenvalue weighted by Crippen LogP contribution is 2.31. The number of hydrogen-bond acceptors (Lipinski definition) is 6. The van der Waals surface area contributed by atoms with Gasteiger partial charge in [-0.15, -0.1) is 0 Å². The third kappa shape index (κ3) is 2.59. The van der Waals surface area contributed by atoms with Crippen molar-refractivity contribution in [3.8, 4) is 0 Å². The summed E-state index contributed by atoms with van der Waals surface area (Å²) >= 11 is 0. The summed E-state index contributed by atoms with van der Waals surface area (Å²) in [6.07, 6.45) is 2.04. The molecular formula is C17H20N4O5. The summed E-state index contributed by atoms with van der Waals surface area (Å²) < 4.78 is 13.8. The molecule has 138 valence electrons. The van der Waals surface area contributed by atoms with Crippen molar-refractivity contribution >= 4 is 5.91 Å². The molecule has 1 atom stereocenters. The van der Waals surface area contributed by atoms with Crippen molar-refractivity contribution in [3.05, 3.63) is 50.7 Å². The maximum absolute atomic E-state index is 12.5. The van der Waals surface area contributed by atoms with Crippen LogP contribution in [0.5, 0.6) is 0 Å². The number of carbonyl (C=O) groups is 1. The lowest BCUT2D eigenvalue weighted by atomic mass is 10.0. The number of fused-ring (bicyclic) bond motifs is 1. The normalized spacial score (nSPS) is 22.2. The molecule has 1 amide bonds. The maximum atomic E-state index is 12.5. The van der Waals surface area contributed by atoms with Gasteiger partial charge in [0, 0.05) is 6.54 Å². The van der Waals surface area contributed by atoms with Gasteiger partial charge in [0.25, 0.3) is 5.91 Å². The number of rotatable bonds is 2. The third-order valence-corrected chi connectivity index (χ3v) is 4.95. The lowest BCUT2D eigenvalue weighted by Crippen LogP contribution is -2.53. The molecule has 0 bridgehead atoms. The van der Waals surface area contributed by atoms with Gasteiger partial charge in [0.2, 0.25) is 0 Å². The highest BCUT2D eigenvalue weighted by atomic mass is 16.5. The first kappa shape index (κ1) is 16.8. The first-order valence-electron chi connectivity index (χ1n) is 8.59. The molecule has 0 N–H and O–H groups in total. The molecule has 0 aromatic carbocycles. The number of aromatic nitrogens is 3. The van der Waals surface area contributed by atoms with Gasteiger partial charge in [-0.05, 0) is 32.4 Å². The Kier molecular flexibility index (Phi) is 3.83. The van der Waals surface area contributed by atoms with Crippen LogP contribution in [0.25, 0.3) is 0 Å². The van der Waals surface area contributed by atoms with E-state index in [2.05, 4.69) is 5.10 Å². The number of furan rings is 1. The van der Waals surface area contributed by atoms with Crippen LogP contribution in [0.2, 0.25) is 0 Å². The Hall–Kier alpha value is -2.68. The Labute approximate surface area is 148 Å². The minimum absolute atomic E-state index is 0.130. The second-order valence-corrected chi connectivity index (χ2v) is 7.08. The van der Waals surface area contributed by atoms with Crippen molar-refractivity contribution < 1.29 is 13.9 Å². The van der Waals surface area contributed by atoms with Crippen LogP contribution in [0.15, 0.2) is 32.4 Å². The van der Waals surface area contributed by atoms with E-state index < -0.39 is 16.7 Å². The third-order valence-electron chi connectivity index (χ3n) is 4.95. The highest BCUT2D eigenvalue weighted by molar-refractivity contribution is 5.91. The predicted molar refractivity (Wildman–Crippen MR) is 89.9 cm³/mol. The molecule has 1 saturated heterocycles. The summed E-state index contributed by atoms with van der Waals surface area (Å²) in [5.74, 6) is 0.503. The van der Waals surface area contributed by atoms with Gasteiger partial charge in [-0.2, -0.15) is 5.10 Å². The van der Waals surface area contributed by atoms with E-state index in [0.29, 0.717) is 25.3 Å². The lowest BCUT2D eigenvalue weighted by molar-refractivity contribution is -0.0844. The smallest absolute Gasteiger partial charge is 0.332 e. The molecule has 0 saturated carbocycles. The van der Waals surface area contributed by atoms with E-state index in [1.165, 1.54) is 15.5 Å². The van der Waals surface area contributed by atoms with Crippen LogP contribution >= 0.6 is 0 Å². The van der Waals surface area contributed by atoms with Crippen molar-refractivity contribution in [3.63, 3.8) is 0 Å². The summed E-state index contributed by atoms with van der Waals surface area (Å²) in [5.41, 5.74) is -1.92. The van der Waals surface area contributed by atoms with Gasteiger partial charge < -0.3 is 14.1 Å². The second kappa shape index (κ2) is 5.94. The molecule has 1 spiro atoms. The summed E-state index contributed by atoms with van der Waals surface area (Å²) in [6, 6.07) is 3.08. The minimum atomic E-state index is -0.683. The molecule has 4 rings (SSSR count). The number of likely N-dealkylation sites (tertiary alicyclic amines) is 1. The van der Waals surface area contributed by atoms with Gasteiger partial charge in [0.1, 0.15) is 12.2 Å². The van der Waals surface area contributed by atoms with Gasteiger partial charge in [-0.25, -0.2) is 4.68 Å². The van der Waals surface area contributed by atoms with Crippen molar-refractivity contribution in [1.29, 1.82) is 0 Å². The molecule has 4 heterocycles. The molecule has 2 aliphatic heterocycles. The van der Waals surface area contributed by atoms with E-state index in [1.54, 1.807) is 30.9 Å². The molecule has 9 heteroatoms. The summed E-state index contributed by atoms with van der Waals surface area (Å²) in [5, 5.41) is 4.27. The van der Waals surface area contributed by atoms with E-state index in [4.69, 9.17) is 9.15 Å². The average molecular weight is 360 g/mol. The summed E-state index contributed by atoms with van der Waals surface area (Å²) in [4.78, 5) is 38.9. The van der Waals surface area contributed by atoms with E-state index in [1.807, 2.05) is 0 Å². The molecule has 1 unspecified atom stereocenters. The Morgan fingerprint density at radius 2 is 2.08 bits per heavy atom. The largest absolute Gasteiger partial charge is 0.459 e. The predicted octanol–water partition coefficient (Wildman–Crippen LogP) is 0.394. The first-order valence-corrected chi connectivity index (χ1v) is 8.59. The Balaban J connectivity index is 1.61. The first-order chi connectivity index (χ1) is 12.4. The molecule has 9 nitrogen and oxygen atoms in total. The van der Waals surface area contributed by atoms with Gasteiger partial charge >= 0.3 is 11.1 Å². The number of carbonyl (C=O) groups excluding carboxylic acids is 1. The van der Waals surface area contributed by atoms with Gasteiger partial charge in [-0.1, -0.05) is 0 Å². The molecule has 2 aromatic rings. The van der Waals surface area contributed by atoms with Crippen LogP contribution in [0.4, 0.5) is 0 Å². The van der Waals surface area contributed by atoms with Crippen LogP contribution in [-0.2, 0) is 17.9 Å². The van der Waals surface area contributed by atoms with Crippen molar-refractivity contribution in [2.75, 3.05) is 13.1 Å². The van der Waals surface area contributed by atoms with Crippen LogP contribution in [0.1, 0.15) is 42.7 Å². The number of amides is 1. The van der Waals surface area contributed by atoms with Crippen LogP contribution < -0.4 is 11.1 Å². The lowest BCUT2D eigenvalue weighted by Gasteiger charge is -2.35. The summed E-state index contributed by atoms with van der Waals surface area (Å²) in [6.45, 7) is 4.78. The van der Waals surface area contributed by atoms with Crippen LogP contribution in [0.3, 0.4) is 0 Å². The Morgan fingerprint density at radius 1 is 1.27 bits per heavy atom. The van der Waals surface area contributed by atoms with Crippen molar-refractivity contribution in [2.45, 2.75) is 45.1 Å². The zero-order chi connectivity index (χ0) is 18.5. The molecule has 2 aromatic heterocycles. The zero-order valence-electron chi connectivity index (χ0n) is 14.7. The SMILES string of the molecule is CC(C)n1nc2n(c(=O)c1=O)CC1(CCN(C(=O)c3ccco3)C1)OC2. The van der Waals surface area contributed by atoms with Crippen molar-refractivity contribution in [1.82, 2.24) is 19.2 Å². The molecular weight excluding hydrogens is 340 g/mol. The monoisotopic (exact) mass is 360 g/mol. The molecule has 1 fully saturated rings. The van der Waals surface area contributed by atoms with E-state index in [-0.39, 0.29) is 30.9 Å². The molecule has 2 aliphatic rings. The minimum Gasteiger partial charge on any atom is -0.459 e. The van der Waals surface area contributed by atoms with Gasteiger partial charge in [-0.3, -0.25) is 19.0 Å². The van der Waals surface area contributed by atoms with Gasteiger partial charge in [0.15, 0.2) is 11.6 Å². The highest BCUT2D eigenvalue weighted by Gasteiger charge is 2.45. The van der Waals surface area contributed by atoms with Crippen LogP contribution in [0, 0.1) is 0 Å². The van der Waals surface area contributed by atoms with Crippen molar-refractivity contribution in [2.24, 2.45) is 0 Å². The summed E-state index contributed by atoms with van der Waals surface area (Å²) in [7, 11) is 0. The second-order valence-electron chi connectivity index (χ2n) is 7.08. The standard InChI is InChI=1S/C17H20N4O5/c1-11(2)21-16(24)15(23)20-10-17(26-8-13(20)18-21)5-6-19(9-17)14(22)12-4-3-7-25-12/h3-4,7,11H,5-6,8-10H2,1-2H3. The number of nitrogens with zero attached hydrogens (tertiary/aromatic N) is 4. The van der Waals surface area contributed by atoms with E-state index in [0.717, 1.165) is 0 Å². The average Bonchev–Trinajstić information content (AvgIpc) is 3.28.